The average Bonchev–Trinajstić information content (AvgIpc) is 3.11. The number of aromatic carboxylic acids is 1. The van der Waals surface area contributed by atoms with Crippen molar-refractivity contribution < 1.29 is 27.8 Å². The predicted molar refractivity (Wildman–Crippen MR) is 107 cm³/mol. The van der Waals surface area contributed by atoms with Crippen molar-refractivity contribution in [1.82, 2.24) is 0 Å². The second-order valence-electron chi connectivity index (χ2n) is 5.65. The summed E-state index contributed by atoms with van der Waals surface area (Å²) in [7, 11) is -1.30. The first-order chi connectivity index (χ1) is 13.4. The third-order valence-corrected chi connectivity index (χ3v) is 6.47. The average molecular weight is 419 g/mol. The number of thiophene rings is 1. The summed E-state index contributed by atoms with van der Waals surface area (Å²) < 4.78 is 38.4. The highest BCUT2D eigenvalue weighted by Gasteiger charge is 2.25. The highest BCUT2D eigenvalue weighted by Crippen LogP contribution is 2.37. The van der Waals surface area contributed by atoms with Gasteiger partial charge in [-0.1, -0.05) is 30.3 Å². The fourth-order valence-electron chi connectivity index (χ4n) is 2.57. The van der Waals surface area contributed by atoms with Gasteiger partial charge in [-0.05, 0) is 23.8 Å². The Morgan fingerprint density at radius 3 is 2.36 bits per heavy atom. The molecule has 0 bridgehead atoms. The van der Waals surface area contributed by atoms with Crippen LogP contribution < -0.4 is 14.2 Å². The van der Waals surface area contributed by atoms with E-state index in [1.165, 1.54) is 38.5 Å². The van der Waals surface area contributed by atoms with E-state index in [9.17, 15) is 18.3 Å². The van der Waals surface area contributed by atoms with Crippen LogP contribution in [-0.4, -0.2) is 33.7 Å². The van der Waals surface area contributed by atoms with E-state index in [4.69, 9.17) is 9.47 Å². The van der Waals surface area contributed by atoms with Gasteiger partial charge in [-0.3, -0.25) is 4.72 Å². The molecule has 0 aliphatic rings. The van der Waals surface area contributed by atoms with Crippen LogP contribution in [-0.2, 0) is 10.0 Å². The zero-order chi connectivity index (χ0) is 20.3. The summed E-state index contributed by atoms with van der Waals surface area (Å²) in [6.45, 7) is 0. The highest BCUT2D eigenvalue weighted by molar-refractivity contribution is 7.92. The van der Waals surface area contributed by atoms with Gasteiger partial charge < -0.3 is 14.6 Å². The number of ether oxygens (including phenoxy) is 2. The standard InChI is InChI=1S/C19H17NO6S2/c1-25-13-8-9-17(15(10-13)26-2)28(23,24)20-14-11-16(27-18(14)19(21)22)12-6-4-3-5-7-12/h3-11,20H,1-2H3,(H,21,22). The maximum absolute atomic E-state index is 12.9. The maximum atomic E-state index is 12.9. The van der Waals surface area contributed by atoms with Gasteiger partial charge in [0.1, 0.15) is 21.3 Å². The van der Waals surface area contributed by atoms with E-state index in [1.807, 2.05) is 30.3 Å². The molecular formula is C19H17NO6S2. The maximum Gasteiger partial charge on any atom is 0.348 e. The first kappa shape index (κ1) is 19.7. The first-order valence-corrected chi connectivity index (χ1v) is 10.3. The van der Waals surface area contributed by atoms with E-state index in [-0.39, 0.29) is 21.2 Å². The molecule has 0 radical (unpaired) electrons. The van der Waals surface area contributed by atoms with Crippen LogP contribution in [0.15, 0.2) is 59.5 Å². The quantitative estimate of drug-likeness (QED) is 0.602. The van der Waals surface area contributed by atoms with Gasteiger partial charge in [0.15, 0.2) is 0 Å². The third kappa shape index (κ3) is 3.95. The zero-order valence-electron chi connectivity index (χ0n) is 15.0. The van der Waals surface area contributed by atoms with Crippen molar-refractivity contribution >= 4 is 33.0 Å². The molecule has 7 nitrogen and oxygen atoms in total. The molecule has 0 atom stereocenters. The van der Waals surface area contributed by atoms with Gasteiger partial charge >= 0.3 is 5.97 Å². The monoisotopic (exact) mass is 419 g/mol. The molecule has 0 amide bonds. The van der Waals surface area contributed by atoms with E-state index in [0.717, 1.165) is 16.9 Å². The summed E-state index contributed by atoms with van der Waals surface area (Å²) in [6.07, 6.45) is 0. The molecule has 2 aromatic carbocycles. The van der Waals surface area contributed by atoms with Gasteiger partial charge in [0.2, 0.25) is 0 Å². The predicted octanol–water partition coefficient (Wildman–Crippen LogP) is 3.93. The molecular weight excluding hydrogens is 402 g/mol. The van der Waals surface area contributed by atoms with Gasteiger partial charge in [0.05, 0.1) is 19.9 Å². The number of hydrogen-bond acceptors (Lipinski definition) is 6. The summed E-state index contributed by atoms with van der Waals surface area (Å²) in [6, 6.07) is 14.9. The molecule has 3 rings (SSSR count). The molecule has 0 saturated heterocycles. The minimum absolute atomic E-state index is 0.00535. The van der Waals surface area contributed by atoms with E-state index in [1.54, 1.807) is 0 Å². The van der Waals surface area contributed by atoms with E-state index >= 15 is 0 Å². The Hall–Kier alpha value is -3.04. The largest absolute Gasteiger partial charge is 0.497 e. The number of carbonyl (C=O) groups is 1. The molecule has 9 heteroatoms. The topological polar surface area (TPSA) is 102 Å². The van der Waals surface area contributed by atoms with Crippen LogP contribution in [0.4, 0.5) is 5.69 Å². The molecule has 0 saturated carbocycles. The second-order valence-corrected chi connectivity index (χ2v) is 8.35. The Bertz CT molecular complexity index is 1110. The van der Waals surface area contributed by atoms with Crippen LogP contribution in [0.25, 0.3) is 10.4 Å². The highest BCUT2D eigenvalue weighted by atomic mass is 32.2. The van der Waals surface area contributed by atoms with Gasteiger partial charge in [0, 0.05) is 10.9 Å². The number of benzene rings is 2. The smallest absolute Gasteiger partial charge is 0.348 e. The van der Waals surface area contributed by atoms with Crippen molar-refractivity contribution in [3.05, 3.63) is 59.5 Å². The fraction of sp³-hybridized carbons (Fsp3) is 0.105. The Morgan fingerprint density at radius 2 is 1.75 bits per heavy atom. The van der Waals surface area contributed by atoms with Crippen LogP contribution in [0.1, 0.15) is 9.67 Å². The molecule has 0 aliphatic carbocycles. The molecule has 0 spiro atoms. The van der Waals surface area contributed by atoms with Gasteiger partial charge in [-0.15, -0.1) is 11.3 Å². The number of nitrogens with one attached hydrogen (secondary N) is 1. The Morgan fingerprint density at radius 1 is 1.04 bits per heavy atom. The normalized spacial score (nSPS) is 11.1. The van der Waals surface area contributed by atoms with Crippen molar-refractivity contribution in [3.63, 3.8) is 0 Å². The Kier molecular flexibility index (Phi) is 5.57. The van der Waals surface area contributed by atoms with E-state index < -0.39 is 16.0 Å². The lowest BCUT2D eigenvalue weighted by atomic mass is 10.2. The first-order valence-electron chi connectivity index (χ1n) is 8.03. The van der Waals surface area contributed by atoms with Crippen LogP contribution >= 0.6 is 11.3 Å². The zero-order valence-corrected chi connectivity index (χ0v) is 16.6. The number of carboxylic acid groups (broad SMARTS) is 1. The van der Waals surface area contributed by atoms with Crippen molar-refractivity contribution in [2.24, 2.45) is 0 Å². The summed E-state index contributed by atoms with van der Waals surface area (Å²) in [5.74, 6) is -0.697. The SMILES string of the molecule is COc1ccc(S(=O)(=O)Nc2cc(-c3ccccc3)sc2C(=O)O)c(OC)c1. The minimum Gasteiger partial charge on any atom is -0.497 e. The summed E-state index contributed by atoms with van der Waals surface area (Å²) in [5.41, 5.74) is 0.789. The van der Waals surface area contributed by atoms with Crippen LogP contribution in [0, 0.1) is 0 Å². The molecule has 0 fully saturated rings. The molecule has 146 valence electrons. The number of anilines is 1. The summed E-state index contributed by atoms with van der Waals surface area (Å²) in [5, 5.41) is 9.50. The van der Waals surface area contributed by atoms with Crippen LogP contribution in [0.5, 0.6) is 11.5 Å². The Labute approximate surface area is 166 Å². The Balaban J connectivity index is 2.03. The second kappa shape index (κ2) is 7.91. The lowest BCUT2D eigenvalue weighted by Crippen LogP contribution is -2.15. The lowest BCUT2D eigenvalue weighted by Gasteiger charge is -2.12. The van der Waals surface area contributed by atoms with Gasteiger partial charge in [-0.2, -0.15) is 0 Å². The van der Waals surface area contributed by atoms with Crippen LogP contribution in [0.2, 0.25) is 0 Å². The third-order valence-electron chi connectivity index (χ3n) is 3.89. The van der Waals surface area contributed by atoms with Crippen molar-refractivity contribution in [2.45, 2.75) is 4.90 Å². The number of hydrogen-bond donors (Lipinski definition) is 2. The summed E-state index contributed by atoms with van der Waals surface area (Å²) >= 11 is 0.995. The van der Waals surface area contributed by atoms with E-state index in [0.29, 0.717) is 10.6 Å². The number of carboxylic acids is 1. The lowest BCUT2D eigenvalue weighted by molar-refractivity contribution is 0.0703. The molecule has 1 aromatic heterocycles. The summed E-state index contributed by atoms with van der Waals surface area (Å²) in [4.78, 5) is 12.0. The molecule has 28 heavy (non-hydrogen) atoms. The molecule has 1 heterocycles. The van der Waals surface area contributed by atoms with Gasteiger partial charge in [-0.25, -0.2) is 13.2 Å². The fourth-order valence-corrected chi connectivity index (χ4v) is 4.80. The van der Waals surface area contributed by atoms with Crippen molar-refractivity contribution in [3.8, 4) is 21.9 Å². The minimum atomic E-state index is -4.09. The number of rotatable bonds is 7. The molecule has 0 unspecified atom stereocenters. The van der Waals surface area contributed by atoms with Crippen molar-refractivity contribution in [1.29, 1.82) is 0 Å². The van der Waals surface area contributed by atoms with Crippen LogP contribution in [0.3, 0.4) is 0 Å². The van der Waals surface area contributed by atoms with Gasteiger partial charge in [0.25, 0.3) is 10.0 Å². The van der Waals surface area contributed by atoms with Crippen molar-refractivity contribution in [2.75, 3.05) is 18.9 Å². The number of sulfonamides is 1. The van der Waals surface area contributed by atoms with E-state index in [2.05, 4.69) is 4.72 Å². The number of methoxy groups -OCH3 is 2. The molecule has 2 N–H and O–H groups in total. The molecule has 0 aliphatic heterocycles. The molecule has 3 aromatic rings.